The number of carbonyl (C=O) groups excluding carboxylic acids is 1. The largest absolute Gasteiger partial charge is 0.417 e. The Balaban J connectivity index is 1.47. The molecule has 28 heavy (non-hydrogen) atoms. The van der Waals surface area contributed by atoms with E-state index in [2.05, 4.69) is 21.8 Å². The van der Waals surface area contributed by atoms with Crippen molar-refractivity contribution in [1.82, 2.24) is 14.8 Å². The average Bonchev–Trinajstić information content (AvgIpc) is 2.98. The van der Waals surface area contributed by atoms with Crippen molar-refractivity contribution in [2.75, 3.05) is 44.7 Å². The molecule has 1 unspecified atom stereocenters. The van der Waals surface area contributed by atoms with E-state index in [4.69, 9.17) is 0 Å². The van der Waals surface area contributed by atoms with Gasteiger partial charge in [-0.15, -0.1) is 0 Å². The minimum Gasteiger partial charge on any atom is -0.356 e. The fourth-order valence-corrected chi connectivity index (χ4v) is 4.95. The highest BCUT2D eigenvalue weighted by Crippen LogP contribution is 2.42. The normalized spacial score (nSPS) is 27.8. The number of piperidine rings is 2. The van der Waals surface area contributed by atoms with E-state index in [1.54, 1.807) is 0 Å². The molecule has 154 valence electrons. The lowest BCUT2D eigenvalue weighted by Gasteiger charge is -2.41. The number of hydrogen-bond donors (Lipinski definition) is 0. The van der Waals surface area contributed by atoms with Gasteiger partial charge in [0.15, 0.2) is 0 Å². The van der Waals surface area contributed by atoms with E-state index in [1.807, 2.05) is 4.90 Å². The van der Waals surface area contributed by atoms with Crippen LogP contribution in [-0.4, -0.2) is 66.5 Å². The zero-order valence-electron chi connectivity index (χ0n) is 16.2. The summed E-state index contributed by atoms with van der Waals surface area (Å²) in [5, 5.41) is 0. The van der Waals surface area contributed by atoms with Crippen LogP contribution < -0.4 is 4.90 Å². The molecule has 1 aromatic heterocycles. The second-order valence-corrected chi connectivity index (χ2v) is 8.49. The first-order chi connectivity index (χ1) is 13.3. The fourth-order valence-electron chi connectivity index (χ4n) is 4.95. The number of aromatic nitrogens is 1. The maximum absolute atomic E-state index is 13.3. The molecule has 5 nitrogen and oxygen atoms in total. The Morgan fingerprint density at radius 1 is 1.11 bits per heavy atom. The predicted molar refractivity (Wildman–Crippen MR) is 100.0 cm³/mol. The van der Waals surface area contributed by atoms with Crippen molar-refractivity contribution in [3.8, 4) is 0 Å². The summed E-state index contributed by atoms with van der Waals surface area (Å²) in [5.74, 6) is 0.760. The van der Waals surface area contributed by atoms with Crippen LogP contribution in [0.1, 0.15) is 37.7 Å². The van der Waals surface area contributed by atoms with Crippen LogP contribution in [-0.2, 0) is 11.0 Å². The van der Waals surface area contributed by atoms with Crippen molar-refractivity contribution in [3.63, 3.8) is 0 Å². The molecule has 1 aromatic rings. The van der Waals surface area contributed by atoms with Gasteiger partial charge in [0.25, 0.3) is 0 Å². The molecule has 3 aliphatic heterocycles. The highest BCUT2D eigenvalue weighted by Gasteiger charge is 2.50. The van der Waals surface area contributed by atoms with Crippen molar-refractivity contribution in [1.29, 1.82) is 0 Å². The molecule has 0 radical (unpaired) electrons. The first-order valence-electron chi connectivity index (χ1n) is 10.1. The topological polar surface area (TPSA) is 39.7 Å². The van der Waals surface area contributed by atoms with E-state index in [-0.39, 0.29) is 5.91 Å². The average molecular weight is 396 g/mol. The van der Waals surface area contributed by atoms with Gasteiger partial charge < -0.3 is 14.7 Å². The molecule has 1 atom stereocenters. The molecule has 8 heteroatoms. The molecule has 3 fully saturated rings. The number of rotatable bonds is 2. The van der Waals surface area contributed by atoms with Crippen molar-refractivity contribution in [2.45, 2.75) is 44.3 Å². The monoisotopic (exact) mass is 396 g/mol. The molecular weight excluding hydrogens is 369 g/mol. The van der Waals surface area contributed by atoms with Crippen molar-refractivity contribution in [3.05, 3.63) is 23.9 Å². The first-order valence-corrected chi connectivity index (χ1v) is 10.1. The smallest absolute Gasteiger partial charge is 0.356 e. The Hall–Kier alpha value is -1.83. The summed E-state index contributed by atoms with van der Waals surface area (Å²) < 4.78 is 38.4. The van der Waals surface area contributed by atoms with E-state index in [1.165, 1.54) is 6.07 Å². The Kier molecular flexibility index (Phi) is 5.02. The molecular formula is C20H27F3N4O. The van der Waals surface area contributed by atoms with Crippen LogP contribution >= 0.6 is 0 Å². The second-order valence-electron chi connectivity index (χ2n) is 8.49. The SMILES string of the molecule is CN1CCC(N2CCC3(CCCN(c4ccc(C(F)(F)F)cn4)C3)C2=O)CC1. The van der Waals surface area contributed by atoms with Gasteiger partial charge in [0.1, 0.15) is 5.82 Å². The lowest BCUT2D eigenvalue weighted by Crippen LogP contribution is -2.51. The van der Waals surface area contributed by atoms with Crippen LogP contribution in [0.15, 0.2) is 18.3 Å². The molecule has 0 bridgehead atoms. The third-order valence-corrected chi connectivity index (χ3v) is 6.65. The van der Waals surface area contributed by atoms with Crippen LogP contribution in [0.4, 0.5) is 19.0 Å². The summed E-state index contributed by atoms with van der Waals surface area (Å²) >= 11 is 0. The van der Waals surface area contributed by atoms with Crippen molar-refractivity contribution < 1.29 is 18.0 Å². The van der Waals surface area contributed by atoms with Gasteiger partial charge in [-0.3, -0.25) is 4.79 Å². The van der Waals surface area contributed by atoms with E-state index in [0.29, 0.717) is 18.4 Å². The number of nitrogens with zero attached hydrogens (tertiary/aromatic N) is 4. The van der Waals surface area contributed by atoms with Crippen LogP contribution in [0, 0.1) is 5.41 Å². The van der Waals surface area contributed by atoms with Crippen LogP contribution in [0.2, 0.25) is 0 Å². The number of pyridine rings is 1. The summed E-state index contributed by atoms with van der Waals surface area (Å²) in [7, 11) is 2.11. The number of anilines is 1. The first kappa shape index (κ1) is 19.5. The number of hydrogen-bond acceptors (Lipinski definition) is 4. The van der Waals surface area contributed by atoms with Crippen LogP contribution in [0.3, 0.4) is 0 Å². The quantitative estimate of drug-likeness (QED) is 0.771. The Bertz CT molecular complexity index is 715. The van der Waals surface area contributed by atoms with Crippen molar-refractivity contribution >= 4 is 11.7 Å². The Labute approximate surface area is 163 Å². The van der Waals surface area contributed by atoms with Crippen LogP contribution in [0.25, 0.3) is 0 Å². The number of halogens is 3. The minimum atomic E-state index is -4.38. The van der Waals surface area contributed by atoms with Gasteiger partial charge in [-0.1, -0.05) is 0 Å². The molecule has 0 saturated carbocycles. The second kappa shape index (κ2) is 7.21. The maximum Gasteiger partial charge on any atom is 0.417 e. The van der Waals surface area contributed by atoms with Gasteiger partial charge in [0, 0.05) is 31.9 Å². The Morgan fingerprint density at radius 2 is 1.86 bits per heavy atom. The van der Waals surface area contributed by atoms with Gasteiger partial charge in [-0.25, -0.2) is 4.98 Å². The van der Waals surface area contributed by atoms with Gasteiger partial charge in [0.05, 0.1) is 11.0 Å². The zero-order valence-corrected chi connectivity index (χ0v) is 16.2. The van der Waals surface area contributed by atoms with E-state index in [0.717, 1.165) is 70.5 Å². The zero-order chi connectivity index (χ0) is 19.9. The molecule has 3 aliphatic rings. The number of alkyl halides is 3. The van der Waals surface area contributed by atoms with E-state index in [9.17, 15) is 18.0 Å². The third-order valence-electron chi connectivity index (χ3n) is 6.65. The number of likely N-dealkylation sites (tertiary alicyclic amines) is 2. The third kappa shape index (κ3) is 3.58. The molecule has 0 N–H and O–H groups in total. The standard InChI is InChI=1S/C20H27F3N4O/c1-25-10-5-16(6-11-25)27-12-8-19(18(27)28)7-2-9-26(14-19)17-4-3-15(13-24-17)20(21,22)23/h3-4,13,16H,2,5-12,14H2,1H3. The molecule has 4 rings (SSSR count). The summed E-state index contributed by atoms with van der Waals surface area (Å²) in [6.07, 6.45) is 1.07. The predicted octanol–water partition coefficient (Wildman–Crippen LogP) is 3.01. The van der Waals surface area contributed by atoms with Crippen LogP contribution in [0.5, 0.6) is 0 Å². The summed E-state index contributed by atoms with van der Waals surface area (Å²) in [5.41, 5.74) is -1.15. The summed E-state index contributed by atoms with van der Waals surface area (Å²) in [6.45, 7) is 4.10. The number of carbonyl (C=O) groups is 1. The molecule has 3 saturated heterocycles. The lowest BCUT2D eigenvalue weighted by atomic mass is 9.78. The molecule has 1 amide bonds. The van der Waals surface area contributed by atoms with Gasteiger partial charge in [-0.2, -0.15) is 13.2 Å². The summed E-state index contributed by atoms with van der Waals surface area (Å²) in [6, 6.07) is 2.82. The van der Waals surface area contributed by atoms with Gasteiger partial charge in [-0.05, 0) is 64.4 Å². The molecule has 0 aliphatic carbocycles. The molecule has 0 aromatic carbocycles. The minimum absolute atomic E-state index is 0.235. The van der Waals surface area contributed by atoms with Gasteiger partial charge >= 0.3 is 6.18 Å². The van der Waals surface area contributed by atoms with E-state index >= 15 is 0 Å². The maximum atomic E-state index is 13.3. The van der Waals surface area contributed by atoms with E-state index < -0.39 is 17.2 Å². The molecule has 4 heterocycles. The highest BCUT2D eigenvalue weighted by molar-refractivity contribution is 5.86. The highest BCUT2D eigenvalue weighted by atomic mass is 19.4. The van der Waals surface area contributed by atoms with Gasteiger partial charge in [0.2, 0.25) is 5.91 Å². The van der Waals surface area contributed by atoms with Crippen molar-refractivity contribution in [2.24, 2.45) is 5.41 Å². The number of amides is 1. The lowest BCUT2D eigenvalue weighted by molar-refractivity contribution is -0.139. The fraction of sp³-hybridized carbons (Fsp3) is 0.700. The molecule has 1 spiro atoms. The Morgan fingerprint density at radius 3 is 2.50 bits per heavy atom. The summed E-state index contributed by atoms with van der Waals surface area (Å²) in [4.78, 5) is 23.7.